The van der Waals surface area contributed by atoms with E-state index in [1.807, 2.05) is 30.3 Å². The Labute approximate surface area is 88.1 Å². The molecule has 1 rings (SSSR count). The zero-order valence-corrected chi connectivity index (χ0v) is 8.20. The van der Waals surface area contributed by atoms with Crippen molar-refractivity contribution in [3.8, 4) is 0 Å². The van der Waals surface area contributed by atoms with Crippen LogP contribution in [0.1, 0.15) is 8.30 Å². The zero-order valence-electron chi connectivity index (χ0n) is 10.2. The van der Waals surface area contributed by atoms with Gasteiger partial charge in [-0.25, -0.2) is 0 Å². The van der Waals surface area contributed by atoms with Gasteiger partial charge < -0.3 is 15.8 Å². The summed E-state index contributed by atoms with van der Waals surface area (Å²) in [6, 6.07) is 9.92. The number of ether oxygens (including phenoxy) is 1. The second-order valence-corrected chi connectivity index (χ2v) is 2.92. The fourth-order valence-corrected chi connectivity index (χ4v) is 1.07. The van der Waals surface area contributed by atoms with Gasteiger partial charge in [0.25, 0.3) is 0 Å². The number of nitrogens with one attached hydrogen (secondary N) is 1. The van der Waals surface area contributed by atoms with Crippen LogP contribution in [0.15, 0.2) is 30.3 Å². The van der Waals surface area contributed by atoms with Gasteiger partial charge in [0.15, 0.2) is 0 Å². The maximum absolute atomic E-state index is 7.09. The summed E-state index contributed by atoms with van der Waals surface area (Å²) in [5, 5.41) is 2.89. The molecule has 14 heavy (non-hydrogen) atoms. The van der Waals surface area contributed by atoms with E-state index in [9.17, 15) is 0 Å². The summed E-state index contributed by atoms with van der Waals surface area (Å²) in [5.41, 5.74) is 6.31. The van der Waals surface area contributed by atoms with Crippen LogP contribution >= 0.6 is 0 Å². The van der Waals surface area contributed by atoms with E-state index in [-0.39, 0.29) is 6.54 Å². The molecule has 78 valence electrons. The maximum Gasteiger partial charge on any atom is 0.0717 e. The van der Waals surface area contributed by atoms with Crippen LogP contribution < -0.4 is 11.1 Å². The van der Waals surface area contributed by atoms with Gasteiger partial charge in [0.2, 0.25) is 0 Å². The fourth-order valence-electron chi connectivity index (χ4n) is 1.07. The van der Waals surface area contributed by atoms with E-state index in [4.69, 9.17) is 13.2 Å². The van der Waals surface area contributed by atoms with Crippen molar-refractivity contribution in [3.05, 3.63) is 35.9 Å². The molecule has 0 heterocycles. The molecule has 0 aliphatic carbocycles. The van der Waals surface area contributed by atoms with Gasteiger partial charge in [-0.05, 0) is 5.56 Å². The van der Waals surface area contributed by atoms with E-state index in [1.165, 1.54) is 0 Å². The monoisotopic (exact) mass is 196 g/mol. The lowest BCUT2D eigenvalue weighted by molar-refractivity contribution is 0.123. The molecule has 1 aromatic rings. The molecular weight excluding hydrogens is 176 g/mol. The molecule has 0 saturated heterocycles. The average Bonchev–Trinajstić information content (AvgIpc) is 2.23. The minimum Gasteiger partial charge on any atom is -0.375 e. The van der Waals surface area contributed by atoms with E-state index in [1.54, 1.807) is 0 Å². The van der Waals surface area contributed by atoms with Crippen LogP contribution in [-0.2, 0) is 11.3 Å². The molecular formula is C11H18N2O. The van der Waals surface area contributed by atoms with Crippen molar-refractivity contribution in [3.63, 3.8) is 0 Å². The van der Waals surface area contributed by atoms with Gasteiger partial charge in [0, 0.05) is 22.3 Å². The van der Waals surface area contributed by atoms with Gasteiger partial charge in [0.05, 0.1) is 13.2 Å². The standard InChI is InChI=1S/C11H18N2O/c12-6-7-13-8-9-14-10-11-4-2-1-3-5-11/h1-5,13H,6-10,12H2/i6D2. The maximum atomic E-state index is 7.09. The lowest BCUT2D eigenvalue weighted by Crippen LogP contribution is -2.25. The van der Waals surface area contributed by atoms with Gasteiger partial charge in [-0.3, -0.25) is 0 Å². The van der Waals surface area contributed by atoms with E-state index >= 15 is 0 Å². The van der Waals surface area contributed by atoms with Gasteiger partial charge in [-0.2, -0.15) is 0 Å². The van der Waals surface area contributed by atoms with Crippen LogP contribution in [0.4, 0.5) is 0 Å². The third-order valence-corrected chi connectivity index (χ3v) is 1.76. The third-order valence-electron chi connectivity index (χ3n) is 1.76. The first-order chi connectivity index (χ1) is 7.58. The molecule has 0 aromatic heterocycles. The Balaban J connectivity index is 2.01. The number of rotatable bonds is 7. The van der Waals surface area contributed by atoms with Crippen molar-refractivity contribution >= 4 is 0 Å². The van der Waals surface area contributed by atoms with Crippen LogP contribution in [0.5, 0.6) is 0 Å². The van der Waals surface area contributed by atoms with Crippen LogP contribution in [-0.4, -0.2) is 26.2 Å². The highest BCUT2D eigenvalue weighted by atomic mass is 16.5. The summed E-state index contributed by atoms with van der Waals surface area (Å²) in [6.07, 6.45) is 0. The summed E-state index contributed by atoms with van der Waals surface area (Å²) in [7, 11) is 0. The van der Waals surface area contributed by atoms with Crippen molar-refractivity contribution < 1.29 is 7.48 Å². The fraction of sp³-hybridized carbons (Fsp3) is 0.455. The summed E-state index contributed by atoms with van der Waals surface area (Å²) in [6.45, 7) is 0.216. The summed E-state index contributed by atoms with van der Waals surface area (Å²) >= 11 is 0. The minimum atomic E-state index is -1.65. The van der Waals surface area contributed by atoms with E-state index in [2.05, 4.69) is 5.32 Å². The molecule has 3 N–H and O–H groups in total. The van der Waals surface area contributed by atoms with Gasteiger partial charge >= 0.3 is 0 Å². The highest BCUT2D eigenvalue weighted by molar-refractivity contribution is 5.13. The molecule has 0 unspecified atom stereocenters. The Morgan fingerprint density at radius 1 is 1.29 bits per heavy atom. The van der Waals surface area contributed by atoms with Gasteiger partial charge in [0.1, 0.15) is 0 Å². The second kappa shape index (κ2) is 7.50. The summed E-state index contributed by atoms with van der Waals surface area (Å²) < 4.78 is 19.6. The van der Waals surface area contributed by atoms with Gasteiger partial charge in [-0.1, -0.05) is 30.3 Å². The Morgan fingerprint density at radius 3 is 2.79 bits per heavy atom. The molecule has 0 fully saturated rings. The quantitative estimate of drug-likeness (QED) is 0.633. The van der Waals surface area contributed by atoms with Crippen LogP contribution in [0.2, 0.25) is 0 Å². The Kier molecular flexibility index (Phi) is 4.51. The predicted molar refractivity (Wildman–Crippen MR) is 58.0 cm³/mol. The normalized spacial score (nSPS) is 13.5. The molecule has 0 saturated carbocycles. The number of benzene rings is 1. The molecule has 3 nitrogen and oxygen atoms in total. The summed E-state index contributed by atoms with van der Waals surface area (Å²) in [4.78, 5) is 0. The molecule has 0 amide bonds. The molecule has 0 bridgehead atoms. The molecule has 0 aliphatic rings. The van der Waals surface area contributed by atoms with Crippen molar-refractivity contribution in [2.24, 2.45) is 5.73 Å². The van der Waals surface area contributed by atoms with Crippen LogP contribution in [0.3, 0.4) is 0 Å². The highest BCUT2D eigenvalue weighted by Gasteiger charge is 1.90. The molecule has 0 radical (unpaired) electrons. The predicted octanol–water partition coefficient (Wildman–Crippen LogP) is 0.751. The highest BCUT2D eigenvalue weighted by Crippen LogP contribution is 1.99. The lowest BCUT2D eigenvalue weighted by Gasteiger charge is -2.04. The minimum absolute atomic E-state index is 0.141. The van der Waals surface area contributed by atoms with Gasteiger partial charge in [-0.15, -0.1) is 0 Å². The van der Waals surface area contributed by atoms with E-state index in [0.29, 0.717) is 19.8 Å². The topological polar surface area (TPSA) is 47.3 Å². The SMILES string of the molecule is [2H]C([2H])(N)CNCCOCc1ccccc1. The first-order valence-corrected chi connectivity index (χ1v) is 4.69. The molecule has 3 heteroatoms. The Bertz CT molecular complexity index is 288. The van der Waals surface area contributed by atoms with Crippen molar-refractivity contribution in [1.29, 1.82) is 0 Å². The molecule has 1 aromatic carbocycles. The van der Waals surface area contributed by atoms with E-state index < -0.39 is 6.50 Å². The zero-order chi connectivity index (χ0) is 11.9. The largest absolute Gasteiger partial charge is 0.375 e. The van der Waals surface area contributed by atoms with Crippen molar-refractivity contribution in [2.75, 3.05) is 26.2 Å². The first kappa shape index (κ1) is 8.41. The third kappa shape index (κ3) is 4.97. The lowest BCUT2D eigenvalue weighted by atomic mass is 10.2. The summed E-state index contributed by atoms with van der Waals surface area (Å²) in [5.74, 6) is 0. The van der Waals surface area contributed by atoms with E-state index in [0.717, 1.165) is 5.56 Å². The molecule has 0 atom stereocenters. The van der Waals surface area contributed by atoms with Crippen molar-refractivity contribution in [2.45, 2.75) is 6.61 Å². The molecule has 0 spiro atoms. The number of hydrogen-bond donors (Lipinski definition) is 2. The smallest absolute Gasteiger partial charge is 0.0717 e. The molecule has 0 aliphatic heterocycles. The van der Waals surface area contributed by atoms with Crippen LogP contribution in [0.25, 0.3) is 0 Å². The number of nitrogens with two attached hydrogens (primary N) is 1. The Morgan fingerprint density at radius 2 is 2.07 bits per heavy atom. The number of hydrogen-bond acceptors (Lipinski definition) is 3. The first-order valence-electron chi connectivity index (χ1n) is 5.69. The van der Waals surface area contributed by atoms with Crippen LogP contribution in [0, 0.1) is 0 Å². The second-order valence-electron chi connectivity index (χ2n) is 2.92. The Hall–Kier alpha value is -0.900. The average molecular weight is 196 g/mol. The van der Waals surface area contributed by atoms with Crippen molar-refractivity contribution in [1.82, 2.24) is 5.32 Å².